The summed E-state index contributed by atoms with van der Waals surface area (Å²) in [5, 5.41) is 6.99. The summed E-state index contributed by atoms with van der Waals surface area (Å²) >= 11 is 0. The third-order valence-electron chi connectivity index (χ3n) is 2.72. The lowest BCUT2D eigenvalue weighted by atomic mass is 10.0. The lowest BCUT2D eigenvalue weighted by Gasteiger charge is -2.24. The molecule has 0 unspecified atom stereocenters. The zero-order chi connectivity index (χ0) is 12.3. The van der Waals surface area contributed by atoms with E-state index >= 15 is 0 Å². The van der Waals surface area contributed by atoms with Crippen LogP contribution in [-0.4, -0.2) is 21.2 Å². The lowest BCUT2D eigenvalue weighted by Crippen LogP contribution is -2.43. The minimum Gasteiger partial charge on any atom is -0.396 e. The average Bonchev–Trinajstić information content (AvgIpc) is 2.59. The fourth-order valence-corrected chi connectivity index (χ4v) is 1.34. The Bertz CT molecular complexity index is 381. The molecule has 16 heavy (non-hydrogen) atoms. The maximum absolute atomic E-state index is 12.0. The van der Waals surface area contributed by atoms with Crippen LogP contribution >= 0.6 is 0 Å². The van der Waals surface area contributed by atoms with Crippen molar-refractivity contribution >= 4 is 11.6 Å². The van der Waals surface area contributed by atoms with Gasteiger partial charge in [0.25, 0.3) is 5.91 Å². The third kappa shape index (κ3) is 2.53. The van der Waals surface area contributed by atoms with E-state index < -0.39 is 0 Å². The van der Waals surface area contributed by atoms with E-state index in [1.165, 1.54) is 6.20 Å². The van der Waals surface area contributed by atoms with E-state index in [9.17, 15) is 4.79 Å². The zero-order valence-corrected chi connectivity index (χ0v) is 10.4. The highest BCUT2D eigenvalue weighted by atomic mass is 16.2. The maximum atomic E-state index is 12.0. The molecule has 0 aliphatic heterocycles. The molecule has 3 N–H and O–H groups in total. The summed E-state index contributed by atoms with van der Waals surface area (Å²) in [7, 11) is 0. The molecule has 0 aromatic carbocycles. The van der Waals surface area contributed by atoms with Crippen LogP contribution in [0, 0.1) is 0 Å². The van der Waals surface area contributed by atoms with E-state index in [2.05, 4.69) is 10.4 Å². The van der Waals surface area contributed by atoms with Crippen molar-refractivity contribution in [2.75, 3.05) is 5.73 Å². The van der Waals surface area contributed by atoms with Gasteiger partial charge in [0.05, 0.1) is 11.9 Å². The number of hydrogen-bond acceptors (Lipinski definition) is 3. The molecule has 1 heterocycles. The monoisotopic (exact) mass is 224 g/mol. The molecule has 0 radical (unpaired) electrons. The summed E-state index contributed by atoms with van der Waals surface area (Å²) in [6.45, 7) is 8.54. The number of nitrogens with one attached hydrogen (secondary N) is 1. The summed E-state index contributed by atoms with van der Waals surface area (Å²) in [4.78, 5) is 12.0. The molecule has 0 aliphatic rings. The molecule has 0 fully saturated rings. The van der Waals surface area contributed by atoms with Gasteiger partial charge in [-0.15, -0.1) is 0 Å². The second-order valence-electron chi connectivity index (χ2n) is 4.46. The van der Waals surface area contributed by atoms with Crippen molar-refractivity contribution in [3.8, 4) is 0 Å². The molecular formula is C11H20N4O. The zero-order valence-electron chi connectivity index (χ0n) is 10.4. The minimum absolute atomic E-state index is 0.163. The Morgan fingerprint density at radius 3 is 2.69 bits per heavy atom. The van der Waals surface area contributed by atoms with Crippen molar-refractivity contribution in [2.24, 2.45) is 0 Å². The first-order valence-corrected chi connectivity index (χ1v) is 5.55. The molecule has 5 nitrogen and oxygen atoms in total. The predicted molar refractivity (Wildman–Crippen MR) is 64.1 cm³/mol. The molecule has 90 valence electrons. The number of hydrogen-bond donors (Lipinski definition) is 2. The normalized spacial score (nSPS) is 11.5. The molecular weight excluding hydrogens is 204 g/mol. The number of carbonyl (C=O) groups excluding carboxylic acids is 1. The van der Waals surface area contributed by atoms with E-state index in [0.717, 1.165) is 6.42 Å². The summed E-state index contributed by atoms with van der Waals surface area (Å²) in [6, 6.07) is 0. The summed E-state index contributed by atoms with van der Waals surface area (Å²) in [6.07, 6.45) is 2.37. The van der Waals surface area contributed by atoms with Crippen LogP contribution < -0.4 is 11.1 Å². The summed E-state index contributed by atoms with van der Waals surface area (Å²) < 4.78 is 1.61. The van der Waals surface area contributed by atoms with E-state index in [-0.39, 0.29) is 11.4 Å². The molecule has 5 heteroatoms. The van der Waals surface area contributed by atoms with E-state index in [4.69, 9.17) is 5.73 Å². The van der Waals surface area contributed by atoms with Gasteiger partial charge in [0.1, 0.15) is 5.69 Å². The van der Waals surface area contributed by atoms with Crippen molar-refractivity contribution in [3.63, 3.8) is 0 Å². The maximum Gasteiger partial charge on any atom is 0.272 e. The molecule has 0 bridgehead atoms. The first-order chi connectivity index (χ1) is 7.41. The van der Waals surface area contributed by atoms with Crippen LogP contribution in [-0.2, 0) is 6.54 Å². The van der Waals surface area contributed by atoms with Gasteiger partial charge in [-0.25, -0.2) is 0 Å². The number of amides is 1. The number of rotatable bonds is 4. The average molecular weight is 224 g/mol. The Labute approximate surface area is 96.0 Å². The van der Waals surface area contributed by atoms with Gasteiger partial charge in [0, 0.05) is 12.1 Å². The van der Waals surface area contributed by atoms with Crippen LogP contribution in [0.15, 0.2) is 6.20 Å². The highest BCUT2D eigenvalue weighted by Gasteiger charge is 2.23. The van der Waals surface area contributed by atoms with Crippen molar-refractivity contribution in [1.82, 2.24) is 15.1 Å². The number of aromatic nitrogens is 2. The fraction of sp³-hybridized carbons (Fsp3) is 0.636. The molecule has 1 rings (SSSR count). The van der Waals surface area contributed by atoms with E-state index in [1.54, 1.807) is 4.68 Å². The van der Waals surface area contributed by atoms with Crippen molar-refractivity contribution < 1.29 is 4.79 Å². The highest BCUT2D eigenvalue weighted by molar-refractivity contribution is 5.97. The molecule has 1 aromatic rings. The lowest BCUT2D eigenvalue weighted by molar-refractivity contribution is 0.0901. The molecule has 0 aliphatic carbocycles. The largest absolute Gasteiger partial charge is 0.396 e. The first-order valence-electron chi connectivity index (χ1n) is 5.55. The second kappa shape index (κ2) is 4.55. The van der Waals surface area contributed by atoms with Gasteiger partial charge >= 0.3 is 0 Å². The second-order valence-corrected chi connectivity index (χ2v) is 4.46. The number of aryl methyl sites for hydroxylation is 1. The Morgan fingerprint density at radius 1 is 1.56 bits per heavy atom. The molecule has 0 spiro atoms. The number of carbonyl (C=O) groups is 1. The SMILES string of the molecule is CCn1ncc(N)c1C(=O)NC(C)(C)CC. The fourth-order valence-electron chi connectivity index (χ4n) is 1.34. The minimum atomic E-state index is -0.230. The highest BCUT2D eigenvalue weighted by Crippen LogP contribution is 2.14. The third-order valence-corrected chi connectivity index (χ3v) is 2.72. The van der Waals surface area contributed by atoms with Crippen LogP contribution in [0.25, 0.3) is 0 Å². The predicted octanol–water partition coefficient (Wildman–Crippen LogP) is 1.40. The van der Waals surface area contributed by atoms with E-state index in [0.29, 0.717) is 17.9 Å². The van der Waals surface area contributed by atoms with Crippen LogP contribution in [0.5, 0.6) is 0 Å². The van der Waals surface area contributed by atoms with Gasteiger partial charge in [-0.05, 0) is 27.2 Å². The Balaban J connectivity index is 2.92. The van der Waals surface area contributed by atoms with Crippen LogP contribution in [0.1, 0.15) is 44.6 Å². The van der Waals surface area contributed by atoms with Crippen molar-refractivity contribution in [2.45, 2.75) is 46.2 Å². The topological polar surface area (TPSA) is 72.9 Å². The van der Waals surface area contributed by atoms with Gasteiger partial charge in [-0.3, -0.25) is 9.48 Å². The Kier molecular flexibility index (Phi) is 3.57. The van der Waals surface area contributed by atoms with Crippen LogP contribution in [0.2, 0.25) is 0 Å². The Hall–Kier alpha value is -1.52. The molecule has 1 aromatic heterocycles. The van der Waals surface area contributed by atoms with Crippen LogP contribution in [0.4, 0.5) is 5.69 Å². The van der Waals surface area contributed by atoms with Gasteiger partial charge in [0.15, 0.2) is 0 Å². The standard InChI is InChI=1S/C11H20N4O/c1-5-11(3,4)14-10(16)9-8(12)7-13-15(9)6-2/h7H,5-6,12H2,1-4H3,(H,14,16). The number of nitrogen functional groups attached to an aromatic ring is 1. The van der Waals surface area contributed by atoms with Gasteiger partial charge < -0.3 is 11.1 Å². The Morgan fingerprint density at radius 2 is 2.19 bits per heavy atom. The quantitative estimate of drug-likeness (QED) is 0.812. The van der Waals surface area contributed by atoms with Gasteiger partial charge in [0.2, 0.25) is 0 Å². The van der Waals surface area contributed by atoms with Gasteiger partial charge in [-0.1, -0.05) is 6.92 Å². The van der Waals surface area contributed by atoms with Crippen molar-refractivity contribution in [3.05, 3.63) is 11.9 Å². The molecule has 0 saturated carbocycles. The molecule has 1 amide bonds. The van der Waals surface area contributed by atoms with Crippen LogP contribution in [0.3, 0.4) is 0 Å². The van der Waals surface area contributed by atoms with E-state index in [1.807, 2.05) is 27.7 Å². The van der Waals surface area contributed by atoms with Crippen molar-refractivity contribution in [1.29, 1.82) is 0 Å². The molecule has 0 saturated heterocycles. The number of nitrogens with two attached hydrogens (primary N) is 1. The molecule has 0 atom stereocenters. The smallest absolute Gasteiger partial charge is 0.272 e. The number of nitrogens with zero attached hydrogens (tertiary/aromatic N) is 2. The summed E-state index contributed by atoms with van der Waals surface area (Å²) in [5.41, 5.74) is 6.37. The van der Waals surface area contributed by atoms with Gasteiger partial charge in [-0.2, -0.15) is 5.10 Å². The summed E-state index contributed by atoms with van der Waals surface area (Å²) in [5.74, 6) is -0.163. The first kappa shape index (κ1) is 12.5. The number of anilines is 1.